The predicted molar refractivity (Wildman–Crippen MR) is 67.5 cm³/mol. The Kier molecular flexibility index (Phi) is 4.63. The van der Waals surface area contributed by atoms with Gasteiger partial charge in [0.15, 0.2) is 15.6 Å². The first-order valence-corrected chi connectivity index (χ1v) is 7.00. The lowest BCUT2D eigenvalue weighted by Gasteiger charge is -2.11. The molecule has 1 unspecified atom stereocenters. The first kappa shape index (κ1) is 13.6. The largest absolute Gasteiger partial charge is 0.295 e. The van der Waals surface area contributed by atoms with Crippen LogP contribution in [0.4, 0.5) is 0 Å². The second kappa shape index (κ2) is 5.77. The molecule has 1 aromatic carbocycles. The van der Waals surface area contributed by atoms with Crippen LogP contribution < -0.4 is 0 Å². The number of benzene rings is 1. The molecule has 0 saturated carbocycles. The number of hydrogen-bond donors (Lipinski definition) is 0. The highest BCUT2D eigenvalue weighted by molar-refractivity contribution is 7.92. The second-order valence-electron chi connectivity index (χ2n) is 3.77. The van der Waals surface area contributed by atoms with Crippen molar-refractivity contribution in [2.75, 3.05) is 0 Å². The molecule has 3 nitrogen and oxygen atoms in total. The number of sulfone groups is 1. The molecule has 0 fully saturated rings. The van der Waals surface area contributed by atoms with Crippen molar-refractivity contribution in [1.82, 2.24) is 0 Å². The quantitative estimate of drug-likeness (QED) is 0.756. The van der Waals surface area contributed by atoms with E-state index in [2.05, 4.69) is 0 Å². The fourth-order valence-corrected chi connectivity index (χ4v) is 3.10. The maximum atomic E-state index is 12.2. The summed E-state index contributed by atoms with van der Waals surface area (Å²) in [7, 11) is -3.39. The number of carbonyl (C=O) groups excluding carboxylic acids is 1. The summed E-state index contributed by atoms with van der Waals surface area (Å²) in [5.74, 6) is -0.147. The molecule has 0 heterocycles. The van der Waals surface area contributed by atoms with Gasteiger partial charge in [-0.25, -0.2) is 8.42 Å². The Hall–Kier alpha value is -1.42. The molecule has 4 heteroatoms. The Balaban J connectivity index is 3.08. The van der Waals surface area contributed by atoms with E-state index in [9.17, 15) is 13.2 Å². The van der Waals surface area contributed by atoms with Gasteiger partial charge in [-0.1, -0.05) is 31.2 Å². The molecule has 0 aliphatic heterocycles. The monoisotopic (exact) mass is 252 g/mol. The number of hydrogen-bond acceptors (Lipinski definition) is 3. The zero-order valence-electron chi connectivity index (χ0n) is 9.96. The first-order chi connectivity index (χ1) is 7.98. The van der Waals surface area contributed by atoms with Crippen molar-refractivity contribution in [1.29, 1.82) is 0 Å². The standard InChI is InChI=1S/C13H16O3S/c1-3-12(10-9-11(2)14)17(15,16)13-7-5-4-6-8-13/h4-10,12H,3H2,1-2H3/b10-9+. The van der Waals surface area contributed by atoms with Crippen LogP contribution in [0.2, 0.25) is 0 Å². The molecule has 0 amide bonds. The fourth-order valence-electron chi connectivity index (χ4n) is 1.49. The van der Waals surface area contributed by atoms with Crippen LogP contribution >= 0.6 is 0 Å². The van der Waals surface area contributed by atoms with E-state index in [0.717, 1.165) is 0 Å². The third-order valence-electron chi connectivity index (χ3n) is 2.42. The lowest BCUT2D eigenvalue weighted by Crippen LogP contribution is -2.18. The Morgan fingerprint density at radius 2 is 1.88 bits per heavy atom. The van der Waals surface area contributed by atoms with E-state index in [0.29, 0.717) is 11.3 Å². The van der Waals surface area contributed by atoms with Crippen LogP contribution in [0, 0.1) is 0 Å². The zero-order valence-corrected chi connectivity index (χ0v) is 10.8. The minimum Gasteiger partial charge on any atom is -0.295 e. The summed E-state index contributed by atoms with van der Waals surface area (Å²) in [5, 5.41) is -0.645. The minimum atomic E-state index is -3.39. The number of allylic oxidation sites excluding steroid dienone is 1. The molecule has 1 rings (SSSR count). The highest BCUT2D eigenvalue weighted by atomic mass is 32.2. The van der Waals surface area contributed by atoms with Gasteiger partial charge in [0.05, 0.1) is 10.1 Å². The predicted octanol–water partition coefficient (Wildman–Crippen LogP) is 2.38. The van der Waals surface area contributed by atoms with Crippen molar-refractivity contribution in [3.8, 4) is 0 Å². The molecule has 0 aromatic heterocycles. The molecule has 0 aliphatic rings. The molecule has 0 spiro atoms. The van der Waals surface area contributed by atoms with Gasteiger partial charge >= 0.3 is 0 Å². The maximum absolute atomic E-state index is 12.2. The Labute approximate surface area is 102 Å². The summed E-state index contributed by atoms with van der Waals surface area (Å²) in [5.41, 5.74) is 0. The lowest BCUT2D eigenvalue weighted by molar-refractivity contribution is -0.112. The van der Waals surface area contributed by atoms with E-state index in [1.54, 1.807) is 37.3 Å². The van der Waals surface area contributed by atoms with Gasteiger partial charge in [-0.2, -0.15) is 0 Å². The smallest absolute Gasteiger partial charge is 0.184 e. The fraction of sp³-hybridized carbons (Fsp3) is 0.308. The molecule has 92 valence electrons. The van der Waals surface area contributed by atoms with Gasteiger partial charge in [0.2, 0.25) is 0 Å². The number of carbonyl (C=O) groups is 1. The molecular formula is C13H16O3S. The first-order valence-electron chi connectivity index (χ1n) is 5.46. The summed E-state index contributed by atoms with van der Waals surface area (Å²) in [6.07, 6.45) is 3.22. The minimum absolute atomic E-state index is 0.147. The van der Waals surface area contributed by atoms with Crippen LogP contribution in [-0.4, -0.2) is 19.5 Å². The highest BCUT2D eigenvalue weighted by Gasteiger charge is 2.23. The van der Waals surface area contributed by atoms with Gasteiger partial charge in [-0.05, 0) is 31.6 Å². The third-order valence-corrected chi connectivity index (χ3v) is 4.64. The normalized spacial score (nSPS) is 13.8. The molecule has 0 aliphatic carbocycles. The van der Waals surface area contributed by atoms with Crippen LogP contribution in [0.3, 0.4) is 0 Å². The number of rotatable bonds is 5. The van der Waals surface area contributed by atoms with E-state index >= 15 is 0 Å². The molecule has 0 N–H and O–H groups in total. The maximum Gasteiger partial charge on any atom is 0.184 e. The SMILES string of the molecule is CCC(/C=C/C(C)=O)S(=O)(=O)c1ccccc1. The molecule has 1 atom stereocenters. The van der Waals surface area contributed by atoms with Crippen LogP contribution in [0.5, 0.6) is 0 Å². The van der Waals surface area contributed by atoms with E-state index in [1.807, 2.05) is 0 Å². The zero-order chi connectivity index (χ0) is 12.9. The van der Waals surface area contributed by atoms with Gasteiger partial charge in [-0.3, -0.25) is 4.79 Å². The lowest BCUT2D eigenvalue weighted by atomic mass is 10.3. The van der Waals surface area contributed by atoms with Crippen molar-refractivity contribution in [2.45, 2.75) is 30.4 Å². The van der Waals surface area contributed by atoms with Gasteiger partial charge in [0.25, 0.3) is 0 Å². The summed E-state index contributed by atoms with van der Waals surface area (Å²) >= 11 is 0. The third kappa shape index (κ3) is 3.53. The van der Waals surface area contributed by atoms with Crippen molar-refractivity contribution >= 4 is 15.6 Å². The molecule has 0 bridgehead atoms. The molecule has 0 saturated heterocycles. The van der Waals surface area contributed by atoms with Crippen LogP contribution in [-0.2, 0) is 14.6 Å². The second-order valence-corrected chi connectivity index (χ2v) is 5.94. The molecule has 0 radical (unpaired) electrons. The van der Waals surface area contributed by atoms with E-state index in [-0.39, 0.29) is 5.78 Å². The average Bonchev–Trinajstić information content (AvgIpc) is 2.30. The van der Waals surface area contributed by atoms with Crippen LogP contribution in [0.1, 0.15) is 20.3 Å². The Morgan fingerprint density at radius 3 is 2.35 bits per heavy atom. The highest BCUT2D eigenvalue weighted by Crippen LogP contribution is 2.18. The summed E-state index contributed by atoms with van der Waals surface area (Å²) in [6, 6.07) is 8.28. The Bertz CT molecular complexity index is 501. The average molecular weight is 252 g/mol. The molecule has 1 aromatic rings. The van der Waals surface area contributed by atoms with Gasteiger partial charge < -0.3 is 0 Å². The Morgan fingerprint density at radius 1 is 1.29 bits per heavy atom. The van der Waals surface area contributed by atoms with Crippen molar-refractivity contribution in [3.05, 3.63) is 42.5 Å². The summed E-state index contributed by atoms with van der Waals surface area (Å²) in [4.78, 5) is 11.1. The van der Waals surface area contributed by atoms with Crippen LogP contribution in [0.25, 0.3) is 0 Å². The van der Waals surface area contributed by atoms with Gasteiger partial charge in [0, 0.05) is 0 Å². The molecular weight excluding hydrogens is 236 g/mol. The van der Waals surface area contributed by atoms with Crippen molar-refractivity contribution < 1.29 is 13.2 Å². The van der Waals surface area contributed by atoms with Crippen molar-refractivity contribution in [2.24, 2.45) is 0 Å². The van der Waals surface area contributed by atoms with E-state index in [1.165, 1.54) is 19.1 Å². The molecule has 17 heavy (non-hydrogen) atoms. The van der Waals surface area contributed by atoms with Crippen LogP contribution in [0.15, 0.2) is 47.4 Å². The summed E-state index contributed by atoms with van der Waals surface area (Å²) < 4.78 is 24.4. The van der Waals surface area contributed by atoms with Gasteiger partial charge in [-0.15, -0.1) is 0 Å². The topological polar surface area (TPSA) is 51.2 Å². The van der Waals surface area contributed by atoms with E-state index in [4.69, 9.17) is 0 Å². The number of ketones is 1. The summed E-state index contributed by atoms with van der Waals surface area (Å²) in [6.45, 7) is 3.19. The van der Waals surface area contributed by atoms with E-state index < -0.39 is 15.1 Å². The van der Waals surface area contributed by atoms with Crippen molar-refractivity contribution in [3.63, 3.8) is 0 Å². The van der Waals surface area contributed by atoms with Gasteiger partial charge in [0.1, 0.15) is 0 Å².